The van der Waals surface area contributed by atoms with Crippen molar-refractivity contribution in [3.8, 4) is 11.8 Å². The van der Waals surface area contributed by atoms with E-state index in [-0.39, 0.29) is 18.9 Å². The van der Waals surface area contributed by atoms with E-state index in [9.17, 15) is 9.90 Å². The first-order valence-corrected chi connectivity index (χ1v) is 10.6. The number of nitrogens with one attached hydrogen (secondary N) is 1. The van der Waals surface area contributed by atoms with Crippen molar-refractivity contribution in [2.75, 3.05) is 6.61 Å². The van der Waals surface area contributed by atoms with Gasteiger partial charge in [-0.1, -0.05) is 63.7 Å². The molecule has 0 aromatic carbocycles. The van der Waals surface area contributed by atoms with Crippen LogP contribution < -0.4 is 5.32 Å². The van der Waals surface area contributed by atoms with E-state index in [1.54, 1.807) is 11.4 Å². The second-order valence-corrected chi connectivity index (χ2v) is 7.65. The third-order valence-electron chi connectivity index (χ3n) is 4.30. The Morgan fingerprint density at radius 2 is 1.85 bits per heavy atom. The van der Waals surface area contributed by atoms with Gasteiger partial charge < -0.3 is 15.5 Å². The van der Waals surface area contributed by atoms with Crippen LogP contribution in [0.2, 0.25) is 0 Å². The fourth-order valence-corrected chi connectivity index (χ4v) is 3.69. The van der Waals surface area contributed by atoms with Gasteiger partial charge in [-0.3, -0.25) is 4.79 Å². The van der Waals surface area contributed by atoms with Crippen molar-refractivity contribution in [2.24, 2.45) is 0 Å². The Hall–Kier alpha value is -1.35. The highest BCUT2D eigenvalue weighted by Crippen LogP contribution is 2.26. The number of carbonyl (C=O) groups excluding carboxylic acids is 1. The smallest absolute Gasteiger partial charge is 0.219 e. The summed E-state index contributed by atoms with van der Waals surface area (Å²) in [6, 6.07) is 1.79. The van der Waals surface area contributed by atoms with Crippen molar-refractivity contribution in [2.45, 2.75) is 83.8 Å². The Labute approximate surface area is 162 Å². The monoisotopic (exact) mass is 379 g/mol. The van der Waals surface area contributed by atoms with Gasteiger partial charge in [-0.2, -0.15) is 0 Å². The fraction of sp³-hybridized carbons (Fsp3) is 0.667. The molecule has 146 valence electrons. The molecule has 0 aliphatic heterocycles. The van der Waals surface area contributed by atoms with Crippen LogP contribution in [0.4, 0.5) is 0 Å². The lowest BCUT2D eigenvalue weighted by Gasteiger charge is -2.27. The molecule has 3 N–H and O–H groups in total. The molecule has 26 heavy (non-hydrogen) atoms. The van der Waals surface area contributed by atoms with Crippen molar-refractivity contribution in [3.05, 3.63) is 21.9 Å². The van der Waals surface area contributed by atoms with E-state index in [0.29, 0.717) is 5.56 Å². The van der Waals surface area contributed by atoms with Crippen LogP contribution in [-0.4, -0.2) is 22.7 Å². The second kappa shape index (κ2) is 12.9. The molecule has 1 aromatic rings. The minimum Gasteiger partial charge on any atom is -0.396 e. The van der Waals surface area contributed by atoms with Crippen molar-refractivity contribution in [1.82, 2.24) is 5.32 Å². The van der Waals surface area contributed by atoms with E-state index in [1.807, 2.05) is 0 Å². The summed E-state index contributed by atoms with van der Waals surface area (Å²) in [6.45, 7) is 3.37. The van der Waals surface area contributed by atoms with Gasteiger partial charge in [-0.05, 0) is 12.5 Å². The Morgan fingerprint density at radius 3 is 2.46 bits per heavy atom. The summed E-state index contributed by atoms with van der Waals surface area (Å²) in [5.74, 6) is 5.99. The SMILES string of the molecule is CCCCCCCCCCC#Cc1cc(C(O)(CCO)NC(C)=O)cs1. The standard InChI is InChI=1S/C21H33NO3S/c1-3-4-5-6-7-8-9-10-11-12-13-20-16-19(17-26-20)21(25,14-15-23)22-18(2)24/h16-17,23,25H,3-11,14-15H2,1-2H3,(H,22,24). The summed E-state index contributed by atoms with van der Waals surface area (Å²) in [6.07, 6.45) is 11.3. The van der Waals surface area contributed by atoms with Crippen molar-refractivity contribution in [3.63, 3.8) is 0 Å². The zero-order chi connectivity index (χ0) is 19.3. The van der Waals surface area contributed by atoms with E-state index >= 15 is 0 Å². The minimum atomic E-state index is -1.53. The number of thiophene rings is 1. The first-order chi connectivity index (χ1) is 12.5. The van der Waals surface area contributed by atoms with Crippen molar-refractivity contribution >= 4 is 17.2 Å². The number of aliphatic hydroxyl groups is 2. The molecule has 1 heterocycles. The molecule has 0 saturated heterocycles. The molecule has 0 bridgehead atoms. The third-order valence-corrected chi connectivity index (χ3v) is 5.15. The summed E-state index contributed by atoms with van der Waals surface area (Å²) in [5.41, 5.74) is -0.961. The van der Waals surface area contributed by atoms with E-state index in [2.05, 4.69) is 24.1 Å². The lowest BCUT2D eigenvalue weighted by atomic mass is 10.0. The summed E-state index contributed by atoms with van der Waals surface area (Å²) >= 11 is 1.44. The molecule has 0 radical (unpaired) electrons. The highest BCUT2D eigenvalue weighted by Gasteiger charge is 2.30. The molecular formula is C21H33NO3S. The molecule has 0 aliphatic carbocycles. The van der Waals surface area contributed by atoms with Crippen LogP contribution in [0.15, 0.2) is 11.4 Å². The Balaban J connectivity index is 2.39. The maximum absolute atomic E-state index is 11.3. The Kier molecular flexibility index (Phi) is 11.3. The quantitative estimate of drug-likeness (QED) is 0.288. The molecule has 1 rings (SSSR count). The number of amides is 1. The molecule has 0 saturated carbocycles. The molecule has 1 amide bonds. The number of hydrogen-bond acceptors (Lipinski definition) is 4. The van der Waals surface area contributed by atoms with Crippen LogP contribution in [0.5, 0.6) is 0 Å². The maximum Gasteiger partial charge on any atom is 0.219 e. The van der Waals surface area contributed by atoms with E-state index in [1.165, 1.54) is 63.2 Å². The zero-order valence-electron chi connectivity index (χ0n) is 16.1. The second-order valence-electron chi connectivity index (χ2n) is 6.74. The predicted octanol–water partition coefficient (Wildman–Crippen LogP) is 4.29. The summed E-state index contributed by atoms with van der Waals surface area (Å²) in [7, 11) is 0. The normalized spacial score (nSPS) is 12.9. The average molecular weight is 380 g/mol. The Morgan fingerprint density at radius 1 is 1.19 bits per heavy atom. The molecule has 0 spiro atoms. The summed E-state index contributed by atoms with van der Waals surface area (Å²) in [4.78, 5) is 12.2. The van der Waals surface area contributed by atoms with Crippen LogP contribution in [0.1, 0.15) is 88.5 Å². The average Bonchev–Trinajstić information content (AvgIpc) is 3.06. The molecule has 0 fully saturated rings. The first-order valence-electron chi connectivity index (χ1n) is 9.71. The van der Waals surface area contributed by atoms with Gasteiger partial charge in [0.2, 0.25) is 5.91 Å². The Bertz CT molecular complexity index is 588. The number of rotatable bonds is 12. The number of carbonyl (C=O) groups is 1. The van der Waals surface area contributed by atoms with Gasteiger partial charge in [0.05, 0.1) is 4.88 Å². The van der Waals surface area contributed by atoms with Crippen molar-refractivity contribution < 1.29 is 15.0 Å². The van der Waals surface area contributed by atoms with Gasteiger partial charge in [0.25, 0.3) is 0 Å². The van der Waals surface area contributed by atoms with Crippen LogP contribution >= 0.6 is 11.3 Å². The van der Waals surface area contributed by atoms with Crippen LogP contribution in [0, 0.1) is 11.8 Å². The number of aliphatic hydroxyl groups excluding tert-OH is 1. The topological polar surface area (TPSA) is 69.6 Å². The summed E-state index contributed by atoms with van der Waals surface area (Å²) < 4.78 is 0. The van der Waals surface area contributed by atoms with E-state index < -0.39 is 5.72 Å². The third kappa shape index (κ3) is 8.84. The predicted molar refractivity (Wildman–Crippen MR) is 108 cm³/mol. The molecule has 1 atom stereocenters. The first kappa shape index (κ1) is 22.7. The molecule has 0 aliphatic rings. The molecule has 5 heteroatoms. The fourth-order valence-electron chi connectivity index (χ4n) is 2.85. The molecule has 1 unspecified atom stereocenters. The van der Waals surface area contributed by atoms with Gasteiger partial charge in [-0.15, -0.1) is 11.3 Å². The van der Waals surface area contributed by atoms with Gasteiger partial charge in [0.1, 0.15) is 0 Å². The highest BCUT2D eigenvalue weighted by molar-refractivity contribution is 7.10. The lowest BCUT2D eigenvalue weighted by molar-refractivity contribution is -0.128. The highest BCUT2D eigenvalue weighted by atomic mass is 32.1. The van der Waals surface area contributed by atoms with Gasteiger partial charge in [0, 0.05) is 37.3 Å². The van der Waals surface area contributed by atoms with E-state index in [0.717, 1.165) is 17.7 Å². The largest absolute Gasteiger partial charge is 0.396 e. The van der Waals surface area contributed by atoms with Gasteiger partial charge in [0.15, 0.2) is 5.72 Å². The van der Waals surface area contributed by atoms with Crippen LogP contribution in [0.3, 0.4) is 0 Å². The van der Waals surface area contributed by atoms with Gasteiger partial charge >= 0.3 is 0 Å². The van der Waals surface area contributed by atoms with E-state index in [4.69, 9.17) is 5.11 Å². The molecule has 1 aromatic heterocycles. The maximum atomic E-state index is 11.3. The minimum absolute atomic E-state index is 0.0500. The van der Waals surface area contributed by atoms with Crippen LogP contribution in [-0.2, 0) is 10.5 Å². The lowest BCUT2D eigenvalue weighted by Crippen LogP contribution is -2.45. The zero-order valence-corrected chi connectivity index (χ0v) is 17.0. The number of hydrogen-bond donors (Lipinski definition) is 3. The van der Waals surface area contributed by atoms with Crippen molar-refractivity contribution in [1.29, 1.82) is 0 Å². The number of unbranched alkanes of at least 4 members (excludes halogenated alkanes) is 8. The molecule has 4 nitrogen and oxygen atoms in total. The molecular weight excluding hydrogens is 346 g/mol. The van der Waals surface area contributed by atoms with Crippen LogP contribution in [0.25, 0.3) is 0 Å². The summed E-state index contributed by atoms with van der Waals surface area (Å²) in [5, 5.41) is 24.0. The van der Waals surface area contributed by atoms with Gasteiger partial charge in [-0.25, -0.2) is 0 Å².